The van der Waals surface area contributed by atoms with Crippen molar-refractivity contribution in [1.29, 1.82) is 0 Å². The summed E-state index contributed by atoms with van der Waals surface area (Å²) in [6, 6.07) is 10.1. The highest BCUT2D eigenvalue weighted by molar-refractivity contribution is 6.30. The van der Waals surface area contributed by atoms with E-state index in [1.807, 2.05) is 47.2 Å². The summed E-state index contributed by atoms with van der Waals surface area (Å²) in [4.78, 5) is 6.92. The van der Waals surface area contributed by atoms with Crippen molar-refractivity contribution in [3.05, 3.63) is 47.7 Å². The van der Waals surface area contributed by atoms with Crippen molar-refractivity contribution in [3.63, 3.8) is 0 Å². The fourth-order valence-electron chi connectivity index (χ4n) is 3.71. The van der Waals surface area contributed by atoms with Crippen LogP contribution in [0, 0.1) is 0 Å². The molecule has 0 spiro atoms. The molecular weight excluding hydrogens is 336 g/mol. The van der Waals surface area contributed by atoms with Gasteiger partial charge in [0, 0.05) is 36.0 Å². The zero-order valence-corrected chi connectivity index (χ0v) is 14.7. The van der Waals surface area contributed by atoms with Gasteiger partial charge >= 0.3 is 0 Å². The maximum atomic E-state index is 9.40. The summed E-state index contributed by atoms with van der Waals surface area (Å²) in [5, 5.41) is 14.7. The third kappa shape index (κ3) is 3.10. The van der Waals surface area contributed by atoms with Gasteiger partial charge in [0.1, 0.15) is 5.82 Å². The van der Waals surface area contributed by atoms with Crippen LogP contribution in [0.25, 0.3) is 16.8 Å². The monoisotopic (exact) mass is 356 g/mol. The van der Waals surface area contributed by atoms with E-state index >= 15 is 0 Å². The molecule has 1 aliphatic rings. The minimum Gasteiger partial charge on any atom is -0.396 e. The van der Waals surface area contributed by atoms with E-state index < -0.39 is 0 Å². The van der Waals surface area contributed by atoms with Crippen LogP contribution in [0.15, 0.2) is 42.7 Å². The number of hydrogen-bond donors (Lipinski definition) is 1. The van der Waals surface area contributed by atoms with Gasteiger partial charge in [0.2, 0.25) is 0 Å². The van der Waals surface area contributed by atoms with Crippen LogP contribution < -0.4 is 4.90 Å². The van der Waals surface area contributed by atoms with E-state index in [1.165, 1.54) is 6.42 Å². The number of anilines is 1. The Bertz CT molecular complexity index is 877. The summed E-state index contributed by atoms with van der Waals surface area (Å²) in [6.45, 7) is 1.19. The largest absolute Gasteiger partial charge is 0.396 e. The normalized spacial score (nSPS) is 18.0. The Labute approximate surface area is 151 Å². The highest BCUT2D eigenvalue weighted by Gasteiger charge is 2.25. The lowest BCUT2D eigenvalue weighted by Crippen LogP contribution is -2.41. The molecule has 0 aliphatic carbocycles. The van der Waals surface area contributed by atoms with Gasteiger partial charge in [-0.1, -0.05) is 23.7 Å². The number of hydrogen-bond acceptors (Lipinski definition) is 4. The second kappa shape index (κ2) is 7.02. The Kier molecular flexibility index (Phi) is 4.59. The number of halogens is 1. The molecule has 1 atom stereocenters. The number of fused-ring (bicyclic) bond motifs is 1. The van der Waals surface area contributed by atoms with E-state index in [9.17, 15) is 5.11 Å². The molecule has 1 unspecified atom stereocenters. The minimum atomic E-state index is 0.211. The molecule has 25 heavy (non-hydrogen) atoms. The predicted molar refractivity (Wildman–Crippen MR) is 100 cm³/mol. The fourth-order valence-corrected chi connectivity index (χ4v) is 3.90. The van der Waals surface area contributed by atoms with Crippen molar-refractivity contribution in [3.8, 4) is 11.1 Å². The van der Waals surface area contributed by atoms with Crippen molar-refractivity contribution < 1.29 is 5.11 Å². The first kappa shape index (κ1) is 16.4. The third-order valence-corrected chi connectivity index (χ3v) is 5.14. The van der Waals surface area contributed by atoms with Crippen molar-refractivity contribution in [2.45, 2.75) is 31.7 Å². The van der Waals surface area contributed by atoms with Gasteiger partial charge in [-0.25, -0.2) is 4.98 Å². The molecule has 1 N–H and O–H groups in total. The van der Waals surface area contributed by atoms with Gasteiger partial charge < -0.3 is 10.0 Å². The number of benzene rings is 1. The number of aliphatic hydroxyl groups excluding tert-OH is 1. The number of rotatable bonds is 4. The molecule has 2 aromatic heterocycles. The van der Waals surface area contributed by atoms with E-state index in [-0.39, 0.29) is 6.61 Å². The van der Waals surface area contributed by atoms with E-state index in [0.717, 1.165) is 48.4 Å². The molecular formula is C19H21ClN4O. The van der Waals surface area contributed by atoms with Crippen molar-refractivity contribution in [2.24, 2.45) is 0 Å². The van der Waals surface area contributed by atoms with Gasteiger partial charge in [0.25, 0.3) is 0 Å². The number of piperidine rings is 1. The zero-order valence-electron chi connectivity index (χ0n) is 14.0. The molecule has 3 heterocycles. The Morgan fingerprint density at radius 1 is 1.24 bits per heavy atom. The van der Waals surface area contributed by atoms with Gasteiger partial charge in [-0.15, -0.1) is 0 Å². The standard InChI is InChI=1S/C19H21ClN4O/c20-15-5-3-4-14(12-15)17-13-22-24-18(7-9-21-19(17)24)23-10-2-1-6-16(23)8-11-25/h3-5,7,9,12-13,16,25H,1-2,6,8,10-11H2. The zero-order chi connectivity index (χ0) is 17.2. The van der Waals surface area contributed by atoms with E-state index in [0.29, 0.717) is 11.1 Å². The summed E-state index contributed by atoms with van der Waals surface area (Å²) < 4.78 is 1.91. The Morgan fingerprint density at radius 2 is 2.16 bits per heavy atom. The van der Waals surface area contributed by atoms with Crippen LogP contribution in [-0.2, 0) is 0 Å². The Morgan fingerprint density at radius 3 is 3.00 bits per heavy atom. The second-order valence-electron chi connectivity index (χ2n) is 6.46. The van der Waals surface area contributed by atoms with Crippen LogP contribution in [0.5, 0.6) is 0 Å². The number of nitrogens with zero attached hydrogens (tertiary/aromatic N) is 4. The highest BCUT2D eigenvalue weighted by Crippen LogP contribution is 2.30. The summed E-state index contributed by atoms with van der Waals surface area (Å²) in [5.41, 5.74) is 2.81. The lowest BCUT2D eigenvalue weighted by Gasteiger charge is -2.37. The average Bonchev–Trinajstić information content (AvgIpc) is 3.07. The van der Waals surface area contributed by atoms with Gasteiger partial charge in [0.15, 0.2) is 5.65 Å². The summed E-state index contributed by atoms with van der Waals surface area (Å²) in [6.07, 6.45) is 7.95. The minimum absolute atomic E-state index is 0.211. The van der Waals surface area contributed by atoms with Crippen LogP contribution >= 0.6 is 11.6 Å². The smallest absolute Gasteiger partial charge is 0.165 e. The Hall–Kier alpha value is -2.11. The quantitative estimate of drug-likeness (QED) is 0.772. The number of aliphatic hydroxyl groups is 1. The summed E-state index contributed by atoms with van der Waals surface area (Å²) >= 11 is 6.14. The lowest BCUT2D eigenvalue weighted by atomic mass is 9.99. The highest BCUT2D eigenvalue weighted by atomic mass is 35.5. The molecule has 6 heteroatoms. The number of aromatic nitrogens is 3. The fraction of sp³-hybridized carbons (Fsp3) is 0.368. The average molecular weight is 357 g/mol. The molecule has 4 rings (SSSR count). The van der Waals surface area contributed by atoms with Crippen LogP contribution in [0.3, 0.4) is 0 Å². The first-order valence-corrected chi connectivity index (χ1v) is 9.12. The molecule has 1 aromatic carbocycles. The molecule has 3 aromatic rings. The van der Waals surface area contributed by atoms with Crippen LogP contribution in [0.1, 0.15) is 25.7 Å². The molecule has 1 saturated heterocycles. The summed E-state index contributed by atoms with van der Waals surface area (Å²) in [7, 11) is 0. The molecule has 0 amide bonds. The second-order valence-corrected chi connectivity index (χ2v) is 6.90. The maximum Gasteiger partial charge on any atom is 0.165 e. The first-order chi connectivity index (χ1) is 12.3. The van der Waals surface area contributed by atoms with Crippen LogP contribution in [0.2, 0.25) is 5.02 Å². The Balaban J connectivity index is 1.79. The van der Waals surface area contributed by atoms with Crippen molar-refractivity contribution in [1.82, 2.24) is 14.6 Å². The van der Waals surface area contributed by atoms with Gasteiger partial charge in [-0.3, -0.25) is 0 Å². The van der Waals surface area contributed by atoms with E-state index in [4.69, 9.17) is 11.6 Å². The van der Waals surface area contributed by atoms with E-state index in [2.05, 4.69) is 15.0 Å². The van der Waals surface area contributed by atoms with Gasteiger partial charge in [0.05, 0.1) is 6.20 Å². The molecule has 1 aliphatic heterocycles. The topological polar surface area (TPSA) is 53.7 Å². The van der Waals surface area contributed by atoms with Crippen molar-refractivity contribution in [2.75, 3.05) is 18.1 Å². The third-order valence-electron chi connectivity index (χ3n) is 4.90. The predicted octanol–water partition coefficient (Wildman–Crippen LogP) is 3.79. The molecule has 0 radical (unpaired) electrons. The maximum absolute atomic E-state index is 9.40. The van der Waals surface area contributed by atoms with Gasteiger partial charge in [-0.2, -0.15) is 9.61 Å². The molecule has 1 fully saturated rings. The van der Waals surface area contributed by atoms with Gasteiger partial charge in [-0.05, 0) is 49.4 Å². The van der Waals surface area contributed by atoms with Crippen LogP contribution in [0.4, 0.5) is 5.82 Å². The molecule has 0 bridgehead atoms. The summed E-state index contributed by atoms with van der Waals surface area (Å²) in [5.74, 6) is 1.04. The van der Waals surface area contributed by atoms with E-state index in [1.54, 1.807) is 0 Å². The SMILES string of the molecule is OCCC1CCCCN1c1ccnc2c(-c3cccc(Cl)c3)cnn12. The lowest BCUT2D eigenvalue weighted by molar-refractivity contribution is 0.262. The molecule has 5 nitrogen and oxygen atoms in total. The first-order valence-electron chi connectivity index (χ1n) is 8.74. The molecule has 130 valence electrons. The van der Waals surface area contributed by atoms with Crippen molar-refractivity contribution >= 4 is 23.1 Å². The molecule has 0 saturated carbocycles. The van der Waals surface area contributed by atoms with Crippen LogP contribution in [-0.4, -0.2) is 38.9 Å².